The van der Waals surface area contributed by atoms with Crippen LogP contribution in [-0.4, -0.2) is 38.3 Å². The molecule has 27 heavy (non-hydrogen) atoms. The highest BCUT2D eigenvalue weighted by Gasteiger charge is 2.25. The van der Waals surface area contributed by atoms with Crippen molar-refractivity contribution >= 4 is 21.8 Å². The maximum Gasteiger partial charge on any atom is 0.262 e. The van der Waals surface area contributed by atoms with E-state index < -0.39 is 0 Å². The molecule has 1 N–H and O–H groups in total. The van der Waals surface area contributed by atoms with Crippen LogP contribution in [0.3, 0.4) is 0 Å². The molecule has 3 aromatic rings. The van der Waals surface area contributed by atoms with Gasteiger partial charge in [-0.3, -0.25) is 14.8 Å². The Bertz CT molecular complexity index is 1120. The smallest absolute Gasteiger partial charge is 0.262 e. The molecule has 5 nitrogen and oxygen atoms in total. The van der Waals surface area contributed by atoms with Gasteiger partial charge in [-0.2, -0.15) is 5.10 Å². The Morgan fingerprint density at radius 1 is 1.26 bits per heavy atom. The summed E-state index contributed by atoms with van der Waals surface area (Å²) in [6.45, 7) is 9.87. The van der Waals surface area contributed by atoms with Crippen LogP contribution in [0.25, 0.3) is 21.8 Å². The first-order valence-electron chi connectivity index (χ1n) is 9.77. The second kappa shape index (κ2) is 6.86. The maximum absolute atomic E-state index is 12.8. The third-order valence-corrected chi connectivity index (χ3v) is 5.89. The van der Waals surface area contributed by atoms with E-state index in [9.17, 15) is 4.79 Å². The lowest BCUT2D eigenvalue weighted by Gasteiger charge is -2.22. The largest absolute Gasteiger partial charge is 0.308 e. The molecular weight excluding hydrogens is 336 g/mol. The number of nitrogens with one attached hydrogen (secondary N) is 1. The number of hydrogen-bond donors (Lipinski definition) is 1. The minimum atomic E-state index is 0.0158. The quantitative estimate of drug-likeness (QED) is 0.711. The number of fused-ring (bicyclic) bond motifs is 3. The maximum atomic E-state index is 12.8. The zero-order chi connectivity index (χ0) is 19.1. The SMILES string of the molecule is CCn1c(=O)c2c(C)[nH]nc2c2cc(C#CCN3[C@H](C)CC[C@@H]3C)ccc21. The average Bonchev–Trinajstić information content (AvgIpc) is 3.20. The minimum Gasteiger partial charge on any atom is -0.308 e. The van der Waals surface area contributed by atoms with Gasteiger partial charge < -0.3 is 4.57 Å². The summed E-state index contributed by atoms with van der Waals surface area (Å²) in [5, 5.41) is 9.01. The lowest BCUT2D eigenvalue weighted by atomic mass is 10.1. The van der Waals surface area contributed by atoms with E-state index in [1.807, 2.05) is 30.5 Å². The lowest BCUT2D eigenvalue weighted by molar-refractivity contribution is 0.243. The van der Waals surface area contributed by atoms with E-state index in [1.54, 1.807) is 0 Å². The second-order valence-corrected chi connectivity index (χ2v) is 7.60. The summed E-state index contributed by atoms with van der Waals surface area (Å²) in [4.78, 5) is 15.3. The van der Waals surface area contributed by atoms with E-state index in [-0.39, 0.29) is 5.56 Å². The molecule has 4 rings (SSSR count). The van der Waals surface area contributed by atoms with E-state index in [0.29, 0.717) is 24.0 Å². The van der Waals surface area contributed by atoms with Crippen LogP contribution >= 0.6 is 0 Å². The Labute approximate surface area is 159 Å². The van der Waals surface area contributed by atoms with Crippen molar-refractivity contribution in [3.05, 3.63) is 39.8 Å². The third-order valence-electron chi connectivity index (χ3n) is 5.89. The number of pyridine rings is 1. The predicted octanol–water partition coefficient (Wildman–Crippen LogP) is 3.43. The van der Waals surface area contributed by atoms with Crippen molar-refractivity contribution in [1.82, 2.24) is 19.7 Å². The van der Waals surface area contributed by atoms with Crippen LogP contribution in [0.5, 0.6) is 0 Å². The fourth-order valence-electron chi connectivity index (χ4n) is 4.28. The first kappa shape index (κ1) is 17.8. The zero-order valence-electron chi connectivity index (χ0n) is 16.5. The summed E-state index contributed by atoms with van der Waals surface area (Å²) in [5.74, 6) is 6.65. The molecule has 5 heteroatoms. The number of aromatic amines is 1. The van der Waals surface area contributed by atoms with Gasteiger partial charge in [0.2, 0.25) is 0 Å². The topological polar surface area (TPSA) is 53.9 Å². The highest BCUT2D eigenvalue weighted by Crippen LogP contribution is 2.24. The molecule has 1 saturated heterocycles. The van der Waals surface area contributed by atoms with Crippen molar-refractivity contribution in [1.29, 1.82) is 0 Å². The molecular formula is C22H26N4O. The molecule has 140 valence electrons. The number of likely N-dealkylation sites (tertiary alicyclic amines) is 1. The zero-order valence-corrected chi connectivity index (χ0v) is 16.5. The monoisotopic (exact) mass is 362 g/mol. The van der Waals surface area contributed by atoms with Crippen molar-refractivity contribution < 1.29 is 0 Å². The van der Waals surface area contributed by atoms with Crippen LogP contribution in [0.4, 0.5) is 0 Å². The van der Waals surface area contributed by atoms with Gasteiger partial charge in [0.15, 0.2) is 0 Å². The van der Waals surface area contributed by atoms with Gasteiger partial charge in [-0.1, -0.05) is 11.8 Å². The van der Waals surface area contributed by atoms with E-state index in [1.165, 1.54) is 12.8 Å². The van der Waals surface area contributed by atoms with E-state index in [0.717, 1.165) is 34.2 Å². The fraction of sp³-hybridized carbons (Fsp3) is 0.455. The highest BCUT2D eigenvalue weighted by molar-refractivity contribution is 6.04. The lowest BCUT2D eigenvalue weighted by Crippen LogP contribution is -2.32. The number of H-pyrrole nitrogens is 1. The molecule has 2 atom stereocenters. The standard InChI is InChI=1S/C22H26N4O/c1-5-25-19-11-10-17(7-6-12-26-14(2)8-9-15(26)3)13-18(19)21-20(22(25)27)16(4)23-24-21/h10-11,13-15H,5,8-9,12H2,1-4H3,(H,23,24)/t14-,15+. The number of hydrogen-bond acceptors (Lipinski definition) is 3. The molecule has 3 heterocycles. The van der Waals surface area contributed by atoms with Crippen molar-refractivity contribution in [3.63, 3.8) is 0 Å². The van der Waals surface area contributed by atoms with Crippen LogP contribution in [0.1, 0.15) is 44.9 Å². The molecule has 0 bridgehead atoms. The van der Waals surface area contributed by atoms with Crippen molar-refractivity contribution in [2.24, 2.45) is 0 Å². The Kier molecular flexibility index (Phi) is 4.53. The molecule has 0 unspecified atom stereocenters. The Hall–Kier alpha value is -2.58. The van der Waals surface area contributed by atoms with Gasteiger partial charge in [0.25, 0.3) is 5.56 Å². The minimum absolute atomic E-state index is 0.0158. The summed E-state index contributed by atoms with van der Waals surface area (Å²) in [6, 6.07) is 7.28. The van der Waals surface area contributed by atoms with E-state index >= 15 is 0 Å². The molecule has 0 aliphatic carbocycles. The molecule has 1 fully saturated rings. The second-order valence-electron chi connectivity index (χ2n) is 7.60. The van der Waals surface area contributed by atoms with E-state index in [4.69, 9.17) is 0 Å². The summed E-state index contributed by atoms with van der Waals surface area (Å²) >= 11 is 0. The van der Waals surface area contributed by atoms with Gasteiger partial charge in [-0.05, 0) is 58.7 Å². The molecule has 0 radical (unpaired) electrons. The molecule has 1 aliphatic rings. The molecule has 1 aromatic carbocycles. The molecule has 0 spiro atoms. The fourth-order valence-corrected chi connectivity index (χ4v) is 4.28. The van der Waals surface area contributed by atoms with Crippen LogP contribution in [0.15, 0.2) is 23.0 Å². The molecule has 2 aromatic heterocycles. The van der Waals surface area contributed by atoms with Crippen LogP contribution < -0.4 is 5.56 Å². The Morgan fingerprint density at radius 2 is 2.00 bits per heavy atom. The Morgan fingerprint density at radius 3 is 2.70 bits per heavy atom. The summed E-state index contributed by atoms with van der Waals surface area (Å²) in [5.41, 5.74) is 3.44. The van der Waals surface area contributed by atoms with Gasteiger partial charge in [-0.15, -0.1) is 0 Å². The molecule has 0 amide bonds. The van der Waals surface area contributed by atoms with Crippen molar-refractivity contribution in [2.45, 2.75) is 59.2 Å². The molecule has 1 aliphatic heterocycles. The number of aryl methyl sites for hydroxylation is 2. The Balaban J connectivity index is 1.77. The first-order valence-corrected chi connectivity index (χ1v) is 9.77. The number of rotatable bonds is 2. The first-order chi connectivity index (χ1) is 13.0. The van der Waals surface area contributed by atoms with Crippen molar-refractivity contribution in [3.8, 4) is 11.8 Å². The van der Waals surface area contributed by atoms with Gasteiger partial charge in [0.05, 0.1) is 17.4 Å². The van der Waals surface area contributed by atoms with Gasteiger partial charge >= 0.3 is 0 Å². The number of aromatic nitrogens is 3. The average molecular weight is 362 g/mol. The van der Waals surface area contributed by atoms with E-state index in [2.05, 4.69) is 46.9 Å². The number of nitrogens with zero attached hydrogens (tertiary/aromatic N) is 3. The highest BCUT2D eigenvalue weighted by atomic mass is 16.1. The van der Waals surface area contributed by atoms with Crippen LogP contribution in [0, 0.1) is 18.8 Å². The summed E-state index contributed by atoms with van der Waals surface area (Å²) in [7, 11) is 0. The predicted molar refractivity (Wildman–Crippen MR) is 110 cm³/mol. The van der Waals surface area contributed by atoms with Crippen LogP contribution in [0.2, 0.25) is 0 Å². The number of benzene rings is 1. The third kappa shape index (κ3) is 2.94. The summed E-state index contributed by atoms with van der Waals surface area (Å²) < 4.78 is 1.81. The van der Waals surface area contributed by atoms with Gasteiger partial charge in [-0.25, -0.2) is 0 Å². The van der Waals surface area contributed by atoms with Gasteiger partial charge in [0.1, 0.15) is 5.52 Å². The van der Waals surface area contributed by atoms with Crippen molar-refractivity contribution in [2.75, 3.05) is 6.54 Å². The van der Waals surface area contributed by atoms with Gasteiger partial charge in [0, 0.05) is 35.3 Å². The van der Waals surface area contributed by atoms with Crippen LogP contribution in [-0.2, 0) is 6.54 Å². The molecule has 0 saturated carbocycles. The summed E-state index contributed by atoms with van der Waals surface area (Å²) in [6.07, 6.45) is 2.51. The normalized spacial score (nSPS) is 20.3.